The molecule has 0 spiro atoms. The van der Waals surface area contributed by atoms with Gasteiger partial charge in [-0.2, -0.15) is 13.2 Å². The normalized spacial score (nSPS) is 12.3. The van der Waals surface area contributed by atoms with E-state index in [-0.39, 0.29) is 38.0 Å². The van der Waals surface area contributed by atoms with Crippen LogP contribution in [-0.4, -0.2) is 21.9 Å². The van der Waals surface area contributed by atoms with E-state index >= 15 is 0 Å². The molecule has 2 aromatic heterocycles. The van der Waals surface area contributed by atoms with Gasteiger partial charge < -0.3 is 10.7 Å². The van der Waals surface area contributed by atoms with Gasteiger partial charge in [-0.1, -0.05) is 29.8 Å². The average Bonchev–Trinajstić information content (AvgIpc) is 2.73. The van der Waals surface area contributed by atoms with Crippen molar-refractivity contribution >= 4 is 11.4 Å². The van der Waals surface area contributed by atoms with Crippen LogP contribution in [0.1, 0.15) is 30.9 Å². The summed E-state index contributed by atoms with van der Waals surface area (Å²) in [6, 6.07) is 13.7. The molecule has 3 rings (SSSR count). The van der Waals surface area contributed by atoms with Crippen molar-refractivity contribution in [2.45, 2.75) is 25.4 Å². The van der Waals surface area contributed by atoms with Crippen molar-refractivity contribution < 1.29 is 43.0 Å². The number of rotatable bonds is 5. The van der Waals surface area contributed by atoms with Gasteiger partial charge in [-0.25, -0.2) is 0 Å². The molecule has 0 radical (unpaired) electrons. The van der Waals surface area contributed by atoms with E-state index in [2.05, 4.69) is 16.0 Å². The number of hydrogen-bond donors (Lipinski definition) is 1. The summed E-state index contributed by atoms with van der Waals surface area (Å²) in [6.45, 7) is 3.53. The molecule has 4 nitrogen and oxygen atoms in total. The Balaban J connectivity index is 0.00000385. The number of benzene rings is 1. The molecular weight excluding hydrogens is 622 g/mol. The van der Waals surface area contributed by atoms with Crippen LogP contribution in [0.5, 0.6) is 0 Å². The molecule has 0 aliphatic heterocycles. The molecule has 174 valence electrons. The monoisotopic (exact) mass is 639 g/mol. The summed E-state index contributed by atoms with van der Waals surface area (Å²) in [5.74, 6) is -1.58. The van der Waals surface area contributed by atoms with Crippen LogP contribution in [0, 0.1) is 23.1 Å². The fraction of sp³-hybridized carbons (Fsp3) is 0.174. The molecule has 0 saturated heterocycles. The maximum atomic E-state index is 14.2. The summed E-state index contributed by atoms with van der Waals surface area (Å²) in [6.07, 6.45) is -4.47. The van der Waals surface area contributed by atoms with E-state index in [9.17, 15) is 22.0 Å². The maximum Gasteiger partial charge on any atom is 2.00 e. The average molecular weight is 639 g/mol. The number of nitrogens with zero attached hydrogens (tertiary/aromatic N) is 2. The van der Waals surface area contributed by atoms with Crippen molar-refractivity contribution in [3.63, 3.8) is 0 Å². The summed E-state index contributed by atoms with van der Waals surface area (Å²) < 4.78 is 65.2. The molecule has 33 heavy (non-hydrogen) atoms. The van der Waals surface area contributed by atoms with Gasteiger partial charge in [0.2, 0.25) is 0 Å². The Morgan fingerprint density at radius 1 is 1.03 bits per heavy atom. The van der Waals surface area contributed by atoms with Crippen LogP contribution in [0.25, 0.3) is 22.7 Å². The van der Waals surface area contributed by atoms with Gasteiger partial charge in [0, 0.05) is 28.4 Å². The molecule has 2 heterocycles. The molecule has 1 aromatic carbocycles. The minimum absolute atomic E-state index is 0. The minimum Gasteiger partial charge on any atom is -0.697 e. The molecule has 0 bridgehead atoms. The van der Waals surface area contributed by atoms with Gasteiger partial charge in [0.25, 0.3) is 0 Å². The number of halogens is 5. The first-order valence-corrected chi connectivity index (χ1v) is 9.31. The van der Waals surface area contributed by atoms with Crippen molar-refractivity contribution in [1.29, 1.82) is 5.41 Å². The number of allylic oxidation sites excluding steroid dienone is 1. The zero-order chi connectivity index (χ0) is 23.7. The smallest absolute Gasteiger partial charge is 0.697 e. The Hall–Kier alpha value is -2.93. The van der Waals surface area contributed by atoms with E-state index in [4.69, 9.17) is 11.1 Å². The van der Waals surface area contributed by atoms with Crippen LogP contribution in [0.4, 0.5) is 22.0 Å². The van der Waals surface area contributed by atoms with Crippen molar-refractivity contribution in [2.75, 3.05) is 0 Å². The van der Waals surface area contributed by atoms with E-state index < -0.39 is 34.6 Å². The number of nitrogens with one attached hydrogen (secondary N) is 2. The van der Waals surface area contributed by atoms with Gasteiger partial charge in [-0.05, 0) is 43.8 Å². The third-order valence-electron chi connectivity index (χ3n) is 4.76. The predicted molar refractivity (Wildman–Crippen MR) is 111 cm³/mol. The van der Waals surface area contributed by atoms with Crippen LogP contribution >= 0.6 is 0 Å². The zero-order valence-corrected chi connectivity index (χ0v) is 19.6. The molecule has 10 heteroatoms. The van der Waals surface area contributed by atoms with Crippen LogP contribution in [0.15, 0.2) is 54.6 Å². The summed E-state index contributed by atoms with van der Waals surface area (Å²) in [7, 11) is 0. The standard InChI is InChI=1S/C23H17F5N4.Pt/c1-22(2,20-7-3-5-17(31-20)14-10-9-13(24)11-15(14)25)21-8-4-6-18(32-21)16(29)12-19(30)23(26,27)28;/h3-9,11-12,29-30H,1-2H3;/q-2;+2/b16-12-,30-19?;. The summed E-state index contributed by atoms with van der Waals surface area (Å²) in [5, 5.41) is 7.05. The second-order valence-corrected chi connectivity index (χ2v) is 7.45. The van der Waals surface area contributed by atoms with Crippen LogP contribution < -0.4 is 0 Å². The van der Waals surface area contributed by atoms with Gasteiger partial charge in [0.05, 0.1) is 5.69 Å². The molecule has 0 aliphatic rings. The molecule has 0 unspecified atom stereocenters. The van der Waals surface area contributed by atoms with Crippen molar-refractivity contribution in [2.24, 2.45) is 0 Å². The summed E-state index contributed by atoms with van der Waals surface area (Å²) in [5.41, 5.74) is 5.84. The Morgan fingerprint density at radius 3 is 2.24 bits per heavy atom. The SMILES string of the molecule is CC(C)(c1cccc(/C([NH-])=C/C(=N)C(F)(F)F)n1)c1cccc(-c2[c-]cc(F)cc2F)n1.[Pt+2]. The first-order chi connectivity index (χ1) is 14.9. The first-order valence-electron chi connectivity index (χ1n) is 9.31. The maximum absolute atomic E-state index is 14.2. The van der Waals surface area contributed by atoms with E-state index in [1.165, 1.54) is 12.1 Å². The Kier molecular flexibility index (Phi) is 7.91. The molecule has 0 fully saturated rings. The van der Waals surface area contributed by atoms with E-state index in [1.54, 1.807) is 38.1 Å². The predicted octanol–water partition coefficient (Wildman–Crippen LogP) is 6.52. The Morgan fingerprint density at radius 2 is 1.64 bits per heavy atom. The van der Waals surface area contributed by atoms with Gasteiger partial charge in [-0.15, -0.1) is 17.8 Å². The minimum atomic E-state index is -4.86. The molecular formula is C23H17F5N4Pt. The third kappa shape index (κ3) is 5.90. The zero-order valence-electron chi connectivity index (χ0n) is 17.3. The third-order valence-corrected chi connectivity index (χ3v) is 4.76. The van der Waals surface area contributed by atoms with Crippen molar-refractivity contribution in [3.8, 4) is 11.3 Å². The summed E-state index contributed by atoms with van der Waals surface area (Å²) in [4.78, 5) is 8.75. The quantitative estimate of drug-likeness (QED) is 0.196. The fourth-order valence-corrected chi connectivity index (χ4v) is 2.93. The molecule has 0 atom stereocenters. The molecule has 0 aliphatic carbocycles. The number of alkyl halides is 3. The number of hydrogen-bond acceptors (Lipinski definition) is 3. The van der Waals surface area contributed by atoms with Crippen molar-refractivity contribution in [3.05, 3.63) is 95.1 Å². The van der Waals surface area contributed by atoms with Crippen LogP contribution in [0.3, 0.4) is 0 Å². The Labute approximate surface area is 201 Å². The van der Waals surface area contributed by atoms with Crippen LogP contribution in [-0.2, 0) is 26.5 Å². The first kappa shape index (κ1) is 26.3. The van der Waals surface area contributed by atoms with Crippen molar-refractivity contribution in [1.82, 2.24) is 9.97 Å². The molecule has 2 N–H and O–H groups in total. The summed E-state index contributed by atoms with van der Waals surface area (Å²) >= 11 is 0. The largest absolute Gasteiger partial charge is 2.00 e. The Bertz CT molecular complexity index is 1210. The second kappa shape index (κ2) is 9.91. The van der Waals surface area contributed by atoms with Gasteiger partial charge in [-0.3, -0.25) is 19.2 Å². The fourth-order valence-electron chi connectivity index (χ4n) is 2.93. The van der Waals surface area contributed by atoms with Crippen LogP contribution in [0.2, 0.25) is 0 Å². The number of aromatic nitrogens is 2. The van der Waals surface area contributed by atoms with E-state index in [1.807, 2.05) is 0 Å². The van der Waals surface area contributed by atoms with E-state index in [0.717, 1.165) is 12.1 Å². The number of pyridine rings is 2. The topological polar surface area (TPSA) is 73.4 Å². The molecule has 3 aromatic rings. The second-order valence-electron chi connectivity index (χ2n) is 7.45. The van der Waals surface area contributed by atoms with Gasteiger partial charge >= 0.3 is 27.2 Å². The molecule has 0 saturated carbocycles. The van der Waals surface area contributed by atoms with E-state index in [0.29, 0.717) is 17.5 Å². The van der Waals surface area contributed by atoms with Gasteiger partial charge in [0.15, 0.2) is 0 Å². The van der Waals surface area contributed by atoms with Gasteiger partial charge in [0.1, 0.15) is 5.71 Å². The molecule has 0 amide bonds.